The van der Waals surface area contributed by atoms with E-state index in [1.54, 1.807) is 12.1 Å². The molecule has 3 N–H and O–H groups in total. The third-order valence-electron chi connectivity index (χ3n) is 2.50. The van der Waals surface area contributed by atoms with Gasteiger partial charge in [0.25, 0.3) is 0 Å². The fraction of sp³-hybridized carbons (Fsp3) is 0.300. The SMILES string of the molecule is O=CC1C(O)NNC1c1cccc(F)c1. The topological polar surface area (TPSA) is 61.4 Å². The molecule has 0 aromatic heterocycles. The second-order valence-corrected chi connectivity index (χ2v) is 3.48. The number of carbonyl (C=O) groups is 1. The molecule has 2 rings (SSSR count). The first-order valence-corrected chi connectivity index (χ1v) is 4.62. The van der Waals surface area contributed by atoms with Crippen molar-refractivity contribution in [1.82, 2.24) is 10.9 Å². The highest BCUT2D eigenvalue weighted by molar-refractivity contribution is 5.57. The van der Waals surface area contributed by atoms with Gasteiger partial charge in [0, 0.05) is 0 Å². The molecule has 1 aromatic carbocycles. The number of nitrogens with one attached hydrogen (secondary N) is 2. The Labute approximate surface area is 86.1 Å². The number of hydrazine groups is 1. The maximum atomic E-state index is 12.9. The number of halogens is 1. The normalized spacial score (nSPS) is 30.4. The molecule has 0 spiro atoms. The van der Waals surface area contributed by atoms with Crippen molar-refractivity contribution >= 4 is 6.29 Å². The Bertz CT molecular complexity index is 372. The number of aliphatic hydroxyl groups excluding tert-OH is 1. The van der Waals surface area contributed by atoms with Crippen LogP contribution in [0.4, 0.5) is 4.39 Å². The molecule has 15 heavy (non-hydrogen) atoms. The summed E-state index contributed by atoms with van der Waals surface area (Å²) in [5.41, 5.74) is 5.93. The zero-order valence-electron chi connectivity index (χ0n) is 7.85. The summed E-state index contributed by atoms with van der Waals surface area (Å²) in [6.45, 7) is 0. The second-order valence-electron chi connectivity index (χ2n) is 3.48. The summed E-state index contributed by atoms with van der Waals surface area (Å²) in [7, 11) is 0. The van der Waals surface area contributed by atoms with Crippen molar-refractivity contribution in [3.63, 3.8) is 0 Å². The number of aldehydes is 1. The lowest BCUT2D eigenvalue weighted by atomic mass is 9.95. The van der Waals surface area contributed by atoms with E-state index in [0.717, 1.165) is 0 Å². The summed E-state index contributed by atoms with van der Waals surface area (Å²) < 4.78 is 12.9. The zero-order chi connectivity index (χ0) is 10.8. The second kappa shape index (κ2) is 4.06. The molecule has 5 heteroatoms. The fourth-order valence-electron chi connectivity index (χ4n) is 1.71. The van der Waals surface area contributed by atoms with E-state index in [0.29, 0.717) is 11.8 Å². The molecule has 1 aliphatic rings. The smallest absolute Gasteiger partial charge is 0.129 e. The summed E-state index contributed by atoms with van der Waals surface area (Å²) in [5.74, 6) is -0.966. The third-order valence-corrected chi connectivity index (χ3v) is 2.50. The number of aliphatic hydroxyl groups is 1. The molecule has 80 valence electrons. The van der Waals surface area contributed by atoms with Crippen LogP contribution in [0.5, 0.6) is 0 Å². The van der Waals surface area contributed by atoms with Crippen molar-refractivity contribution in [2.75, 3.05) is 0 Å². The lowest BCUT2D eigenvalue weighted by molar-refractivity contribution is -0.114. The number of benzene rings is 1. The monoisotopic (exact) mass is 210 g/mol. The first-order chi connectivity index (χ1) is 7.22. The number of hydrogen-bond acceptors (Lipinski definition) is 4. The molecule has 3 atom stereocenters. The largest absolute Gasteiger partial charge is 0.377 e. The van der Waals surface area contributed by atoms with Gasteiger partial charge in [0.1, 0.15) is 18.3 Å². The molecule has 0 saturated carbocycles. The average molecular weight is 210 g/mol. The summed E-state index contributed by atoms with van der Waals surface area (Å²) in [6.07, 6.45) is -0.275. The molecule has 0 amide bonds. The lowest BCUT2D eigenvalue weighted by Crippen LogP contribution is -2.31. The van der Waals surface area contributed by atoms with Crippen LogP contribution in [0.25, 0.3) is 0 Å². The Balaban J connectivity index is 2.27. The first kappa shape index (κ1) is 10.2. The summed E-state index contributed by atoms with van der Waals surface area (Å²) in [5, 5.41) is 9.39. The van der Waals surface area contributed by atoms with Crippen LogP contribution in [0, 0.1) is 11.7 Å². The van der Waals surface area contributed by atoms with Gasteiger partial charge in [-0.3, -0.25) is 0 Å². The van der Waals surface area contributed by atoms with Gasteiger partial charge in [0.05, 0.1) is 12.0 Å². The molecule has 1 aliphatic heterocycles. The predicted molar refractivity (Wildman–Crippen MR) is 51.0 cm³/mol. The molecule has 0 aliphatic carbocycles. The Hall–Kier alpha value is -1.30. The summed E-state index contributed by atoms with van der Waals surface area (Å²) in [6, 6.07) is 5.55. The van der Waals surface area contributed by atoms with Crippen molar-refractivity contribution in [2.45, 2.75) is 12.3 Å². The van der Waals surface area contributed by atoms with Crippen molar-refractivity contribution in [1.29, 1.82) is 0 Å². The molecule has 1 aromatic rings. The van der Waals surface area contributed by atoms with Crippen LogP contribution in [0.2, 0.25) is 0 Å². The van der Waals surface area contributed by atoms with Crippen LogP contribution in [-0.2, 0) is 4.79 Å². The molecule has 4 nitrogen and oxygen atoms in total. The van der Waals surface area contributed by atoms with Crippen LogP contribution in [0.15, 0.2) is 24.3 Å². The Morgan fingerprint density at radius 2 is 2.20 bits per heavy atom. The number of hydrogen-bond donors (Lipinski definition) is 3. The lowest BCUT2D eigenvalue weighted by Gasteiger charge is -2.14. The van der Waals surface area contributed by atoms with Crippen molar-refractivity contribution in [3.8, 4) is 0 Å². The molecule has 0 radical (unpaired) electrons. The van der Waals surface area contributed by atoms with E-state index in [1.165, 1.54) is 12.1 Å². The molecule has 3 unspecified atom stereocenters. The molecular weight excluding hydrogens is 199 g/mol. The highest BCUT2D eigenvalue weighted by Gasteiger charge is 2.35. The van der Waals surface area contributed by atoms with E-state index < -0.39 is 18.2 Å². The van der Waals surface area contributed by atoms with Crippen LogP contribution in [-0.4, -0.2) is 17.6 Å². The van der Waals surface area contributed by atoms with E-state index in [-0.39, 0.29) is 5.82 Å². The van der Waals surface area contributed by atoms with Crippen molar-refractivity contribution in [2.24, 2.45) is 5.92 Å². The van der Waals surface area contributed by atoms with E-state index in [1.807, 2.05) is 0 Å². The number of carbonyl (C=O) groups excluding carboxylic acids is 1. The maximum Gasteiger partial charge on any atom is 0.129 e. The number of rotatable bonds is 2. The van der Waals surface area contributed by atoms with Gasteiger partial charge in [-0.05, 0) is 17.7 Å². The van der Waals surface area contributed by atoms with E-state index in [4.69, 9.17) is 0 Å². The van der Waals surface area contributed by atoms with E-state index in [2.05, 4.69) is 10.9 Å². The van der Waals surface area contributed by atoms with Gasteiger partial charge in [-0.15, -0.1) is 0 Å². The molecule has 0 bridgehead atoms. The van der Waals surface area contributed by atoms with Gasteiger partial charge in [0.15, 0.2) is 0 Å². The fourth-order valence-corrected chi connectivity index (χ4v) is 1.71. The Kier molecular flexibility index (Phi) is 2.77. The highest BCUT2D eigenvalue weighted by atomic mass is 19.1. The van der Waals surface area contributed by atoms with Gasteiger partial charge in [-0.2, -0.15) is 0 Å². The summed E-state index contributed by atoms with van der Waals surface area (Å²) in [4.78, 5) is 10.8. The summed E-state index contributed by atoms with van der Waals surface area (Å²) >= 11 is 0. The van der Waals surface area contributed by atoms with Gasteiger partial charge >= 0.3 is 0 Å². The van der Waals surface area contributed by atoms with E-state index >= 15 is 0 Å². The van der Waals surface area contributed by atoms with Gasteiger partial charge < -0.3 is 9.90 Å². The van der Waals surface area contributed by atoms with E-state index in [9.17, 15) is 14.3 Å². The third kappa shape index (κ3) is 1.90. The minimum absolute atomic E-state index is 0.361. The first-order valence-electron chi connectivity index (χ1n) is 4.62. The average Bonchev–Trinajstić information content (AvgIpc) is 2.59. The zero-order valence-corrected chi connectivity index (χ0v) is 7.85. The maximum absolute atomic E-state index is 12.9. The van der Waals surface area contributed by atoms with Crippen molar-refractivity contribution in [3.05, 3.63) is 35.6 Å². The van der Waals surface area contributed by atoms with Gasteiger partial charge in [0.2, 0.25) is 0 Å². The van der Waals surface area contributed by atoms with Crippen LogP contribution in [0.1, 0.15) is 11.6 Å². The van der Waals surface area contributed by atoms with Crippen LogP contribution in [0.3, 0.4) is 0 Å². The Morgan fingerprint density at radius 3 is 2.87 bits per heavy atom. The van der Waals surface area contributed by atoms with Gasteiger partial charge in [-0.25, -0.2) is 15.2 Å². The predicted octanol–water partition coefficient (Wildman–Crippen LogP) is 0.108. The molecule has 1 heterocycles. The van der Waals surface area contributed by atoms with Gasteiger partial charge in [-0.1, -0.05) is 12.1 Å². The quantitative estimate of drug-likeness (QED) is 0.606. The minimum Gasteiger partial charge on any atom is -0.377 e. The standard InChI is InChI=1S/C10H11FN2O2/c11-7-3-1-2-6(4-7)9-8(5-14)10(15)13-12-9/h1-5,8-10,12-13,15H. The minimum atomic E-state index is -0.934. The van der Waals surface area contributed by atoms with Crippen molar-refractivity contribution < 1.29 is 14.3 Å². The van der Waals surface area contributed by atoms with Crippen LogP contribution >= 0.6 is 0 Å². The Morgan fingerprint density at radius 1 is 1.40 bits per heavy atom. The molecule has 1 saturated heterocycles. The van der Waals surface area contributed by atoms with Crippen LogP contribution < -0.4 is 10.9 Å². The molecular formula is C10H11FN2O2. The molecule has 1 fully saturated rings. The highest BCUT2D eigenvalue weighted by Crippen LogP contribution is 2.26.